The van der Waals surface area contributed by atoms with Crippen LogP contribution in [0.2, 0.25) is 5.02 Å². The molecule has 0 saturated carbocycles. The van der Waals surface area contributed by atoms with E-state index < -0.39 is 15.1 Å². The molecule has 0 atom stereocenters. The number of ether oxygens (including phenoxy) is 1. The van der Waals surface area contributed by atoms with Gasteiger partial charge in [-0.15, -0.1) is 0 Å². The Kier molecular flexibility index (Phi) is 9.41. The number of rotatable bonds is 9. The third-order valence-corrected chi connectivity index (χ3v) is 10.7. The van der Waals surface area contributed by atoms with Crippen LogP contribution in [0.3, 0.4) is 0 Å². The molecule has 2 aromatic carbocycles. The molecule has 0 radical (unpaired) electrons. The average Bonchev–Trinajstić information content (AvgIpc) is 2.99. The van der Waals surface area contributed by atoms with Crippen molar-refractivity contribution in [2.24, 2.45) is 5.73 Å². The molecule has 12 heteroatoms. The van der Waals surface area contributed by atoms with Crippen molar-refractivity contribution in [2.75, 3.05) is 48.8 Å². The minimum absolute atomic E-state index is 0.186. The summed E-state index contributed by atoms with van der Waals surface area (Å²) >= 11 is 6.41. The molecule has 4 N–H and O–H groups in total. The van der Waals surface area contributed by atoms with Gasteiger partial charge in [-0.25, -0.2) is 13.4 Å². The van der Waals surface area contributed by atoms with Crippen molar-refractivity contribution in [1.29, 1.82) is 0 Å². The van der Waals surface area contributed by atoms with Crippen LogP contribution in [-0.2, 0) is 9.84 Å². The van der Waals surface area contributed by atoms with Gasteiger partial charge < -0.3 is 30.9 Å². The molecule has 0 spiro atoms. The molecule has 3 heterocycles. The quantitative estimate of drug-likeness (QED) is 0.296. The second kappa shape index (κ2) is 13.0. The monoisotopic (exact) mass is 613 g/mol. The summed E-state index contributed by atoms with van der Waals surface area (Å²) in [7, 11) is -1.89. The molecule has 2 aliphatic heterocycles. The Bertz CT molecular complexity index is 1490. The van der Waals surface area contributed by atoms with E-state index in [1.807, 2.05) is 12.1 Å². The van der Waals surface area contributed by atoms with E-state index in [0.717, 1.165) is 57.5 Å². The van der Waals surface area contributed by atoms with Crippen molar-refractivity contribution in [2.45, 2.75) is 61.8 Å². The van der Waals surface area contributed by atoms with Crippen molar-refractivity contribution in [3.63, 3.8) is 0 Å². The Hall–Kier alpha value is -3.12. The SMILES string of the molecule is COc1cc(N2CCC(N3CCC(N)CC3)CC2)ccc1Nc1ncc(Cl)c(Nc2ccccc2S(=O)(=O)C(C)C)n1. The number of benzene rings is 2. The molecule has 3 aromatic rings. The molecule has 2 saturated heterocycles. The van der Waals surface area contributed by atoms with Gasteiger partial charge >= 0.3 is 0 Å². The summed E-state index contributed by atoms with van der Waals surface area (Å²) in [4.78, 5) is 14.1. The van der Waals surface area contributed by atoms with Crippen LogP contribution in [0.15, 0.2) is 53.6 Å². The smallest absolute Gasteiger partial charge is 0.229 e. The molecule has 0 bridgehead atoms. The fraction of sp³-hybridized carbons (Fsp3) is 0.467. The van der Waals surface area contributed by atoms with Gasteiger partial charge in [0.15, 0.2) is 15.7 Å². The minimum atomic E-state index is -3.52. The number of likely N-dealkylation sites (tertiary alicyclic amines) is 1. The zero-order chi connectivity index (χ0) is 29.9. The lowest BCUT2D eigenvalue weighted by Gasteiger charge is -2.42. The number of para-hydroxylation sites is 1. The van der Waals surface area contributed by atoms with Gasteiger partial charge in [0.25, 0.3) is 0 Å². The predicted molar refractivity (Wildman–Crippen MR) is 169 cm³/mol. The molecule has 1 aromatic heterocycles. The van der Waals surface area contributed by atoms with Crippen molar-refractivity contribution < 1.29 is 13.2 Å². The topological polar surface area (TPSA) is 126 Å². The molecule has 226 valence electrons. The van der Waals surface area contributed by atoms with Crippen molar-refractivity contribution in [3.05, 3.63) is 53.7 Å². The number of halogens is 1. The lowest BCUT2D eigenvalue weighted by molar-refractivity contribution is 0.132. The van der Waals surface area contributed by atoms with Gasteiger partial charge in [0.1, 0.15) is 10.8 Å². The number of nitrogens with zero attached hydrogens (tertiary/aromatic N) is 4. The highest BCUT2D eigenvalue weighted by molar-refractivity contribution is 7.92. The number of methoxy groups -OCH3 is 1. The molecule has 42 heavy (non-hydrogen) atoms. The van der Waals surface area contributed by atoms with Gasteiger partial charge in [0.05, 0.1) is 34.8 Å². The van der Waals surface area contributed by atoms with Gasteiger partial charge in [-0.1, -0.05) is 23.7 Å². The van der Waals surface area contributed by atoms with E-state index in [4.69, 9.17) is 22.1 Å². The Morgan fingerprint density at radius 1 is 1.00 bits per heavy atom. The zero-order valence-electron chi connectivity index (χ0n) is 24.4. The number of piperidine rings is 2. The fourth-order valence-electron chi connectivity index (χ4n) is 5.59. The summed E-state index contributed by atoms with van der Waals surface area (Å²) in [6.45, 7) is 7.50. The van der Waals surface area contributed by atoms with E-state index >= 15 is 0 Å². The number of nitrogens with one attached hydrogen (secondary N) is 2. The van der Waals surface area contributed by atoms with Gasteiger partial charge in [-0.3, -0.25) is 0 Å². The first kappa shape index (κ1) is 30.3. The van der Waals surface area contributed by atoms with Crippen LogP contribution in [0.5, 0.6) is 5.75 Å². The standard InChI is InChI=1S/C30H40ClN7O3S/c1-20(2)42(39,40)28-7-5-4-6-26(28)34-29-24(31)19-33-30(36-29)35-25-9-8-23(18-27(25)41-3)38-16-12-22(13-17-38)37-14-10-21(32)11-15-37/h4-9,18-22H,10-17,32H2,1-3H3,(H2,33,34,35,36). The first-order valence-corrected chi connectivity index (χ1v) is 16.4. The largest absolute Gasteiger partial charge is 0.494 e. The van der Waals surface area contributed by atoms with E-state index in [1.165, 1.54) is 6.20 Å². The van der Waals surface area contributed by atoms with Crippen LogP contribution < -0.4 is 26.0 Å². The van der Waals surface area contributed by atoms with Crippen LogP contribution in [0.4, 0.5) is 28.8 Å². The van der Waals surface area contributed by atoms with Crippen molar-refractivity contribution in [1.82, 2.24) is 14.9 Å². The van der Waals surface area contributed by atoms with Gasteiger partial charge in [-0.2, -0.15) is 4.98 Å². The highest BCUT2D eigenvalue weighted by atomic mass is 35.5. The third kappa shape index (κ3) is 6.75. The van der Waals surface area contributed by atoms with Crippen LogP contribution in [0, 0.1) is 0 Å². The lowest BCUT2D eigenvalue weighted by Crippen LogP contribution is -2.49. The van der Waals surface area contributed by atoms with Crippen LogP contribution in [0.1, 0.15) is 39.5 Å². The molecule has 5 rings (SSSR count). The summed E-state index contributed by atoms with van der Waals surface area (Å²) in [5, 5.41) is 6.00. The second-order valence-electron chi connectivity index (χ2n) is 11.2. The number of hydrogen-bond acceptors (Lipinski definition) is 10. The third-order valence-electron chi connectivity index (χ3n) is 8.16. The predicted octanol–water partition coefficient (Wildman–Crippen LogP) is 5.20. The fourth-order valence-corrected chi connectivity index (χ4v) is 6.93. The van der Waals surface area contributed by atoms with Crippen LogP contribution in [-0.4, -0.2) is 73.9 Å². The summed E-state index contributed by atoms with van der Waals surface area (Å²) in [5.74, 6) is 1.25. The first-order chi connectivity index (χ1) is 20.2. The molecule has 10 nitrogen and oxygen atoms in total. The number of sulfone groups is 1. The number of hydrogen-bond donors (Lipinski definition) is 3. The Balaban J connectivity index is 1.28. The molecule has 0 amide bonds. The van der Waals surface area contributed by atoms with Crippen LogP contribution >= 0.6 is 11.6 Å². The maximum Gasteiger partial charge on any atom is 0.229 e. The Morgan fingerprint density at radius 3 is 2.40 bits per heavy atom. The molecule has 2 aliphatic rings. The van der Waals surface area contributed by atoms with Gasteiger partial charge in [-0.05, 0) is 76.9 Å². The van der Waals surface area contributed by atoms with E-state index in [-0.39, 0.29) is 15.7 Å². The molecule has 2 fully saturated rings. The van der Waals surface area contributed by atoms with Gasteiger partial charge in [0, 0.05) is 36.9 Å². The maximum absolute atomic E-state index is 12.9. The number of aromatic nitrogens is 2. The Morgan fingerprint density at radius 2 is 1.71 bits per heavy atom. The minimum Gasteiger partial charge on any atom is -0.494 e. The van der Waals surface area contributed by atoms with E-state index in [0.29, 0.717) is 35.2 Å². The second-order valence-corrected chi connectivity index (χ2v) is 14.1. The zero-order valence-corrected chi connectivity index (χ0v) is 26.0. The molecular weight excluding hydrogens is 574 g/mol. The average molecular weight is 614 g/mol. The summed E-state index contributed by atoms with van der Waals surface area (Å²) < 4.78 is 31.5. The van der Waals surface area contributed by atoms with Crippen molar-refractivity contribution in [3.8, 4) is 5.75 Å². The summed E-state index contributed by atoms with van der Waals surface area (Å²) in [6.07, 6.45) is 5.92. The van der Waals surface area contributed by atoms with E-state index in [2.05, 4.69) is 36.5 Å². The highest BCUT2D eigenvalue weighted by Crippen LogP contribution is 2.35. The summed E-state index contributed by atoms with van der Waals surface area (Å²) in [5.41, 5.74) is 8.31. The maximum atomic E-state index is 12.9. The normalized spacial score (nSPS) is 17.4. The van der Waals surface area contributed by atoms with E-state index in [1.54, 1.807) is 45.2 Å². The number of nitrogens with two attached hydrogens (primary N) is 1. The van der Waals surface area contributed by atoms with E-state index in [9.17, 15) is 8.42 Å². The lowest BCUT2D eigenvalue weighted by atomic mass is 9.98. The molecule has 0 unspecified atom stereocenters. The molecule has 0 aliphatic carbocycles. The molecular formula is C30H40ClN7O3S. The van der Waals surface area contributed by atoms with Crippen LogP contribution in [0.25, 0.3) is 0 Å². The van der Waals surface area contributed by atoms with Crippen molar-refractivity contribution >= 4 is 50.3 Å². The first-order valence-electron chi connectivity index (χ1n) is 14.5. The summed E-state index contributed by atoms with van der Waals surface area (Å²) in [6, 6.07) is 13.8. The van der Waals surface area contributed by atoms with Gasteiger partial charge in [0.2, 0.25) is 5.95 Å². The Labute approximate surface area is 253 Å². The number of anilines is 5. The highest BCUT2D eigenvalue weighted by Gasteiger charge is 2.28.